The fourth-order valence-electron chi connectivity index (χ4n) is 9.04. The van der Waals surface area contributed by atoms with Gasteiger partial charge >= 0.3 is 0 Å². The number of benzene rings is 3. The largest absolute Gasteiger partial charge is 0.508 e. The van der Waals surface area contributed by atoms with E-state index < -0.39 is 12.1 Å². The van der Waals surface area contributed by atoms with Crippen LogP contribution in [0.15, 0.2) is 72.9 Å². The van der Waals surface area contributed by atoms with Crippen molar-refractivity contribution >= 4 is 33.2 Å². The summed E-state index contributed by atoms with van der Waals surface area (Å²) in [7, 11) is 3.61. The van der Waals surface area contributed by atoms with Crippen LogP contribution in [0.1, 0.15) is 132 Å². The predicted octanol–water partition coefficient (Wildman–Crippen LogP) is 8.96. The number of hydrogen-bond acceptors (Lipinski definition) is 10. The Morgan fingerprint density at radius 2 is 1.78 bits per heavy atom. The number of aromatic hydroxyl groups is 2. The Kier molecular flexibility index (Phi) is 14.5. The molecular weight excluding hydrogens is 791 g/mol. The topological polar surface area (TPSA) is 172 Å². The average Bonchev–Trinajstić information content (AvgIpc) is 3.87. The summed E-state index contributed by atoms with van der Waals surface area (Å²) in [6, 6.07) is 16.6. The van der Waals surface area contributed by atoms with E-state index in [0.717, 1.165) is 89.8 Å². The fraction of sp³-hybridized carbons (Fsp3) is 0.429. The predicted molar refractivity (Wildman–Crippen MR) is 241 cm³/mol. The number of phenolic OH excluding ortho intramolecular Hbond substituents is 2. The normalized spacial score (nSPS) is 21.8. The molecule has 9 nitrogen and oxygen atoms in total. The lowest BCUT2D eigenvalue weighted by Gasteiger charge is -2.26. The molecule has 1 fully saturated rings. The maximum absolute atomic E-state index is 14.1. The number of fused-ring (bicyclic) bond motifs is 9. The number of carbonyl (C=O) groups is 2. The summed E-state index contributed by atoms with van der Waals surface area (Å²) in [5, 5.41) is 32.1. The van der Waals surface area contributed by atoms with Crippen molar-refractivity contribution in [2.24, 2.45) is 22.8 Å². The molecule has 8 N–H and O–H groups in total. The third-order valence-electron chi connectivity index (χ3n) is 12.4. The summed E-state index contributed by atoms with van der Waals surface area (Å²) in [6.07, 6.45) is 13.4. The fourth-order valence-corrected chi connectivity index (χ4v) is 11.6. The van der Waals surface area contributed by atoms with E-state index in [-0.39, 0.29) is 47.6 Å². The number of aromatic amines is 1. The van der Waals surface area contributed by atoms with E-state index in [1.54, 1.807) is 47.3 Å². The van der Waals surface area contributed by atoms with Crippen molar-refractivity contribution in [2.45, 2.75) is 108 Å². The minimum atomic E-state index is -0.741. The van der Waals surface area contributed by atoms with Crippen LogP contribution in [0.3, 0.4) is 0 Å². The molecule has 7 rings (SSSR count). The molecule has 4 unspecified atom stereocenters. The van der Waals surface area contributed by atoms with Crippen molar-refractivity contribution in [3.05, 3.63) is 123 Å². The maximum Gasteiger partial charge on any atom is 0.165 e. The van der Waals surface area contributed by atoms with E-state index in [1.165, 1.54) is 0 Å². The number of ketones is 2. The molecule has 3 aliphatic rings. The number of allylic oxidation sites excluding steroid dienone is 2. The molecule has 1 aliphatic heterocycles. The first-order valence-corrected chi connectivity index (χ1v) is 23.7. The van der Waals surface area contributed by atoms with E-state index in [2.05, 4.69) is 29.0 Å². The number of aromatic nitrogens is 1. The highest BCUT2D eigenvalue weighted by molar-refractivity contribution is 8.76. The van der Waals surface area contributed by atoms with Crippen LogP contribution in [-0.4, -0.2) is 50.3 Å². The van der Waals surface area contributed by atoms with Crippen LogP contribution in [-0.2, 0) is 29.8 Å². The van der Waals surface area contributed by atoms with Crippen molar-refractivity contribution in [1.29, 1.82) is 0 Å². The van der Waals surface area contributed by atoms with Gasteiger partial charge in [-0.2, -0.15) is 0 Å². The number of H-pyrrole nitrogens is 1. The van der Waals surface area contributed by atoms with E-state index >= 15 is 0 Å². The summed E-state index contributed by atoms with van der Waals surface area (Å²) in [6.45, 7) is 2.08. The minimum Gasteiger partial charge on any atom is -0.508 e. The molecule has 60 heavy (non-hydrogen) atoms. The van der Waals surface area contributed by atoms with E-state index in [9.17, 15) is 24.9 Å². The van der Waals surface area contributed by atoms with Crippen molar-refractivity contribution in [1.82, 2.24) is 4.98 Å². The number of Topliss-reactive ketones (excluding diaryl/α,β-unsaturated/α-hetero) is 1. The van der Waals surface area contributed by atoms with Crippen LogP contribution in [0.25, 0.3) is 0 Å². The zero-order valence-corrected chi connectivity index (χ0v) is 36.0. The molecule has 4 aromatic rings. The Hall–Kier alpha value is -4.44. The number of nitrogens with one attached hydrogen (secondary N) is 1. The molecule has 4 atom stereocenters. The van der Waals surface area contributed by atoms with E-state index in [0.29, 0.717) is 54.2 Å². The van der Waals surface area contributed by atoms with Gasteiger partial charge in [0.1, 0.15) is 5.75 Å². The number of aliphatic hydroxyl groups excluding tert-OH is 1. The van der Waals surface area contributed by atoms with Crippen LogP contribution in [0.5, 0.6) is 17.2 Å². The van der Waals surface area contributed by atoms with Gasteiger partial charge in [0.15, 0.2) is 23.1 Å². The Bertz CT molecular complexity index is 2270. The number of carbonyl (C=O) groups excluding carboxylic acids is 2. The van der Waals surface area contributed by atoms with Crippen molar-refractivity contribution in [3.8, 4) is 29.1 Å². The summed E-state index contributed by atoms with van der Waals surface area (Å²) in [5.41, 5.74) is 19.9. The number of aliphatic hydroxyl groups is 1. The molecule has 2 aliphatic carbocycles. The van der Waals surface area contributed by atoms with Gasteiger partial charge in [-0.25, -0.2) is 0 Å². The molecule has 316 valence electrons. The molecular formula is C49H57N3O6S2. The smallest absolute Gasteiger partial charge is 0.165 e. The monoisotopic (exact) mass is 847 g/mol. The quantitative estimate of drug-likeness (QED) is 0.0476. The average molecular weight is 848 g/mol. The van der Waals surface area contributed by atoms with Gasteiger partial charge in [-0.1, -0.05) is 76.6 Å². The van der Waals surface area contributed by atoms with Gasteiger partial charge in [0, 0.05) is 65.3 Å². The molecule has 2 heterocycles. The van der Waals surface area contributed by atoms with Crippen LogP contribution in [0.4, 0.5) is 0 Å². The Balaban J connectivity index is 1.24. The SMILES string of the molecule is CC(O)CCCCC12C=CC(=O)CCc3ccc(O)c(c3)OCCc3ccc(O)c(c3)C3CC(=O)c4cc[nH]c4CC#Cc4cc(C(N)N)c(cc43)CSSCC(CC1)C2. The summed E-state index contributed by atoms with van der Waals surface area (Å²) < 4.78 is 6.13. The lowest BCUT2D eigenvalue weighted by molar-refractivity contribution is -0.114. The highest BCUT2D eigenvalue weighted by Crippen LogP contribution is 2.49. The molecule has 3 aromatic carbocycles. The number of hydrogen-bond donors (Lipinski definition) is 6. The number of nitrogens with two attached hydrogens (primary N) is 2. The lowest BCUT2D eigenvalue weighted by Crippen LogP contribution is -2.22. The number of phenols is 2. The van der Waals surface area contributed by atoms with Crippen LogP contribution in [0.2, 0.25) is 0 Å². The molecule has 0 saturated heterocycles. The van der Waals surface area contributed by atoms with Crippen molar-refractivity contribution in [2.75, 3.05) is 12.4 Å². The Morgan fingerprint density at radius 1 is 0.967 bits per heavy atom. The maximum atomic E-state index is 14.1. The second-order valence-electron chi connectivity index (χ2n) is 16.9. The first-order valence-electron chi connectivity index (χ1n) is 21.2. The first-order chi connectivity index (χ1) is 29.0. The Morgan fingerprint density at radius 3 is 2.60 bits per heavy atom. The van der Waals surface area contributed by atoms with Crippen LogP contribution < -0.4 is 16.2 Å². The van der Waals surface area contributed by atoms with Crippen LogP contribution in [0, 0.1) is 23.2 Å². The Labute approximate surface area is 361 Å². The second kappa shape index (κ2) is 20.0. The second-order valence-corrected chi connectivity index (χ2v) is 19.4. The van der Waals surface area contributed by atoms with E-state index in [4.69, 9.17) is 16.2 Å². The number of ether oxygens (including phenoxy) is 1. The highest BCUT2D eigenvalue weighted by Gasteiger charge is 2.37. The van der Waals surface area contributed by atoms with E-state index in [1.807, 2.05) is 42.0 Å². The number of unbranched alkanes of at least 4 members (excludes halogenated alkanes) is 1. The minimum absolute atomic E-state index is 0.0209. The zero-order valence-electron chi connectivity index (χ0n) is 34.4. The van der Waals surface area contributed by atoms with Crippen LogP contribution >= 0.6 is 21.6 Å². The lowest BCUT2D eigenvalue weighted by atomic mass is 9.79. The summed E-state index contributed by atoms with van der Waals surface area (Å²) >= 11 is 0. The molecule has 8 bridgehead atoms. The number of rotatable bonds is 6. The molecule has 0 spiro atoms. The molecule has 0 radical (unpaired) electrons. The van der Waals surface area contributed by atoms with Gasteiger partial charge in [-0.3, -0.25) is 9.59 Å². The summed E-state index contributed by atoms with van der Waals surface area (Å²) in [4.78, 5) is 30.6. The van der Waals surface area contributed by atoms with Gasteiger partial charge in [-0.05, 0) is 121 Å². The van der Waals surface area contributed by atoms with Gasteiger partial charge in [0.05, 0.1) is 25.3 Å². The third-order valence-corrected chi connectivity index (χ3v) is 14.8. The molecule has 11 heteroatoms. The molecule has 0 amide bonds. The third kappa shape index (κ3) is 10.9. The highest BCUT2D eigenvalue weighted by atomic mass is 33.1. The number of aryl methyl sites for hydroxylation is 1. The van der Waals surface area contributed by atoms with Crippen molar-refractivity contribution in [3.63, 3.8) is 0 Å². The zero-order chi connectivity index (χ0) is 42.2. The van der Waals surface area contributed by atoms with Gasteiger partial charge < -0.3 is 36.5 Å². The molecule has 1 aromatic heterocycles. The summed E-state index contributed by atoms with van der Waals surface area (Å²) in [5.74, 6) is 8.71. The standard InChI is InChI=1S/C49H57N3O6S2/c1-31(53)5-2-3-18-49-19-14-34(28-49)29-59-60-30-36-26-39-35(25-40(36)48(50)51)6-4-7-43-38(16-21-52-43)46(57)27-41(39)42-23-33(9-12-44(42)55)17-22-58-47-24-32(10-13-45(47)56)8-11-37(54)15-20-49/h9-10,12-13,15-16,20-21,23-26,31,34,41,48,52-53,55-56H,2-3,5,7-8,11,14,17-19,22,27-30,50-51H2,1H3. The first kappa shape index (κ1) is 43.6. The van der Waals surface area contributed by atoms with Crippen molar-refractivity contribution < 1.29 is 29.6 Å². The van der Waals surface area contributed by atoms with Gasteiger partial charge in [0.25, 0.3) is 0 Å². The van der Waals surface area contributed by atoms with Gasteiger partial charge in [-0.15, -0.1) is 0 Å². The van der Waals surface area contributed by atoms with Gasteiger partial charge in [0.2, 0.25) is 0 Å². The molecule has 1 saturated carbocycles.